The molecule has 0 amide bonds. The topological polar surface area (TPSA) is 22.1 Å². The van der Waals surface area contributed by atoms with Gasteiger partial charge in [0.1, 0.15) is 12.4 Å². The SMILES string of the molecule is CC.CC(C)Cc1sc(Cl)nc1-c1cccc(OCc2ccccc2)c1. The van der Waals surface area contributed by atoms with Crippen molar-refractivity contribution in [3.63, 3.8) is 0 Å². The fraction of sp³-hybridized carbons (Fsp3) is 0.318. The monoisotopic (exact) mass is 387 g/mol. The Bertz CT molecular complexity index is 799. The third kappa shape index (κ3) is 5.86. The summed E-state index contributed by atoms with van der Waals surface area (Å²) in [5.41, 5.74) is 3.18. The summed E-state index contributed by atoms with van der Waals surface area (Å²) in [7, 11) is 0. The number of ether oxygens (including phenoxy) is 1. The quantitative estimate of drug-likeness (QED) is 0.443. The molecule has 0 aliphatic rings. The second-order valence-electron chi connectivity index (χ2n) is 6.14. The van der Waals surface area contributed by atoms with Crippen molar-refractivity contribution in [1.82, 2.24) is 4.98 Å². The van der Waals surface area contributed by atoms with Gasteiger partial charge in [0.25, 0.3) is 0 Å². The van der Waals surface area contributed by atoms with E-state index in [9.17, 15) is 0 Å². The first kappa shape index (κ1) is 20.5. The molecule has 0 saturated carbocycles. The maximum Gasteiger partial charge on any atom is 0.184 e. The number of aromatic nitrogens is 1. The van der Waals surface area contributed by atoms with Crippen LogP contribution in [0, 0.1) is 5.92 Å². The van der Waals surface area contributed by atoms with E-state index in [1.165, 1.54) is 4.88 Å². The predicted molar refractivity (Wildman–Crippen MR) is 113 cm³/mol. The van der Waals surface area contributed by atoms with E-state index in [0.29, 0.717) is 17.0 Å². The smallest absolute Gasteiger partial charge is 0.184 e. The molecule has 0 aliphatic carbocycles. The van der Waals surface area contributed by atoms with Crippen LogP contribution in [0.5, 0.6) is 5.75 Å². The largest absolute Gasteiger partial charge is 0.489 e. The average Bonchev–Trinajstić information content (AvgIpc) is 3.02. The minimum Gasteiger partial charge on any atom is -0.489 e. The van der Waals surface area contributed by atoms with Crippen LogP contribution >= 0.6 is 22.9 Å². The van der Waals surface area contributed by atoms with Crippen LogP contribution < -0.4 is 4.74 Å². The van der Waals surface area contributed by atoms with Gasteiger partial charge in [0, 0.05) is 10.4 Å². The summed E-state index contributed by atoms with van der Waals surface area (Å²) in [5, 5.41) is 0. The minimum absolute atomic E-state index is 0.557. The van der Waals surface area contributed by atoms with Crippen molar-refractivity contribution >= 4 is 22.9 Å². The highest BCUT2D eigenvalue weighted by Crippen LogP contribution is 2.34. The molecule has 138 valence electrons. The number of benzene rings is 2. The Morgan fingerprint density at radius 3 is 2.46 bits per heavy atom. The lowest BCUT2D eigenvalue weighted by Crippen LogP contribution is -1.96. The molecule has 0 aliphatic heterocycles. The Morgan fingerprint density at radius 1 is 1.04 bits per heavy atom. The Morgan fingerprint density at radius 2 is 1.77 bits per heavy atom. The second-order valence-corrected chi connectivity index (χ2v) is 7.80. The molecular weight excluding hydrogens is 362 g/mol. The van der Waals surface area contributed by atoms with Crippen molar-refractivity contribution < 1.29 is 4.74 Å². The normalized spacial score (nSPS) is 10.4. The molecule has 1 aromatic heterocycles. The number of hydrogen-bond donors (Lipinski definition) is 0. The van der Waals surface area contributed by atoms with Crippen LogP contribution in [-0.4, -0.2) is 4.98 Å². The van der Waals surface area contributed by atoms with Gasteiger partial charge in [0.2, 0.25) is 0 Å². The molecule has 1 heterocycles. The maximum absolute atomic E-state index is 6.16. The van der Waals surface area contributed by atoms with Crippen LogP contribution in [0.4, 0.5) is 0 Å². The number of halogens is 1. The summed E-state index contributed by atoms with van der Waals surface area (Å²) >= 11 is 7.72. The molecule has 4 heteroatoms. The maximum atomic E-state index is 6.16. The van der Waals surface area contributed by atoms with E-state index in [1.807, 2.05) is 50.2 Å². The van der Waals surface area contributed by atoms with Gasteiger partial charge in [-0.15, -0.1) is 11.3 Å². The highest BCUT2D eigenvalue weighted by Gasteiger charge is 2.14. The van der Waals surface area contributed by atoms with Crippen molar-refractivity contribution in [1.29, 1.82) is 0 Å². The van der Waals surface area contributed by atoms with E-state index in [0.717, 1.165) is 29.0 Å². The number of rotatable bonds is 6. The number of nitrogens with zero attached hydrogens (tertiary/aromatic N) is 1. The summed E-state index contributed by atoms with van der Waals surface area (Å²) in [6.07, 6.45) is 0.981. The molecule has 3 rings (SSSR count). The van der Waals surface area contributed by atoms with E-state index in [2.05, 4.69) is 37.0 Å². The highest BCUT2D eigenvalue weighted by molar-refractivity contribution is 7.16. The molecule has 0 unspecified atom stereocenters. The van der Waals surface area contributed by atoms with E-state index < -0.39 is 0 Å². The zero-order valence-corrected chi connectivity index (χ0v) is 17.4. The standard InChI is InChI=1S/C20H20ClNOS.C2H6/c1-14(2)11-18-19(22-20(21)24-18)16-9-6-10-17(12-16)23-13-15-7-4-3-5-8-15;1-2/h3-10,12,14H,11,13H2,1-2H3;1-2H3. The van der Waals surface area contributed by atoms with Gasteiger partial charge in [-0.25, -0.2) is 4.98 Å². The molecular formula is C22H26ClNOS. The molecule has 0 N–H and O–H groups in total. The lowest BCUT2D eigenvalue weighted by molar-refractivity contribution is 0.306. The van der Waals surface area contributed by atoms with Crippen LogP contribution in [0.15, 0.2) is 54.6 Å². The van der Waals surface area contributed by atoms with Crippen LogP contribution in [-0.2, 0) is 13.0 Å². The zero-order chi connectivity index (χ0) is 18.9. The molecule has 3 aromatic rings. The summed E-state index contributed by atoms with van der Waals surface area (Å²) in [4.78, 5) is 5.75. The highest BCUT2D eigenvalue weighted by atomic mass is 35.5. The molecule has 0 fully saturated rings. The Balaban J connectivity index is 0.00000117. The van der Waals surface area contributed by atoms with Crippen molar-refractivity contribution in [2.75, 3.05) is 0 Å². The van der Waals surface area contributed by atoms with Crippen molar-refractivity contribution in [2.24, 2.45) is 5.92 Å². The molecule has 2 nitrogen and oxygen atoms in total. The fourth-order valence-electron chi connectivity index (χ4n) is 2.53. The summed E-state index contributed by atoms with van der Waals surface area (Å²) in [6.45, 7) is 8.97. The summed E-state index contributed by atoms with van der Waals surface area (Å²) < 4.78 is 6.52. The first-order chi connectivity index (χ1) is 12.6. The van der Waals surface area contributed by atoms with Crippen molar-refractivity contribution in [3.05, 3.63) is 69.5 Å². The van der Waals surface area contributed by atoms with Crippen LogP contribution in [0.3, 0.4) is 0 Å². The third-order valence-electron chi connectivity index (χ3n) is 3.62. The van der Waals surface area contributed by atoms with E-state index in [1.54, 1.807) is 11.3 Å². The van der Waals surface area contributed by atoms with Gasteiger partial charge in [-0.3, -0.25) is 0 Å². The van der Waals surface area contributed by atoms with E-state index >= 15 is 0 Å². The molecule has 0 spiro atoms. The number of thiazole rings is 1. The lowest BCUT2D eigenvalue weighted by Gasteiger charge is -2.09. The van der Waals surface area contributed by atoms with Gasteiger partial charge in [0.05, 0.1) is 5.69 Å². The molecule has 0 radical (unpaired) electrons. The van der Waals surface area contributed by atoms with Crippen LogP contribution in [0.2, 0.25) is 4.47 Å². The minimum atomic E-state index is 0.557. The van der Waals surface area contributed by atoms with Gasteiger partial charge >= 0.3 is 0 Å². The van der Waals surface area contributed by atoms with Gasteiger partial charge in [-0.2, -0.15) is 0 Å². The first-order valence-corrected chi connectivity index (χ1v) is 10.2. The van der Waals surface area contributed by atoms with E-state index in [4.69, 9.17) is 16.3 Å². The average molecular weight is 388 g/mol. The van der Waals surface area contributed by atoms with Crippen LogP contribution in [0.25, 0.3) is 11.3 Å². The summed E-state index contributed by atoms with van der Waals surface area (Å²) in [6, 6.07) is 18.2. The summed E-state index contributed by atoms with van der Waals surface area (Å²) in [5.74, 6) is 1.41. The van der Waals surface area contributed by atoms with Crippen molar-refractivity contribution in [2.45, 2.75) is 40.7 Å². The second kappa shape index (κ2) is 10.3. The predicted octanol–water partition coefficient (Wildman–Crippen LogP) is 7.27. The van der Waals surface area contributed by atoms with Crippen LogP contribution in [0.1, 0.15) is 38.1 Å². The van der Waals surface area contributed by atoms with Gasteiger partial charge < -0.3 is 4.74 Å². The molecule has 0 atom stereocenters. The third-order valence-corrected chi connectivity index (χ3v) is 4.80. The van der Waals surface area contributed by atoms with E-state index in [-0.39, 0.29) is 0 Å². The Labute approximate surface area is 165 Å². The zero-order valence-electron chi connectivity index (χ0n) is 15.8. The van der Waals surface area contributed by atoms with Gasteiger partial charge in [-0.1, -0.05) is 81.8 Å². The Hall–Kier alpha value is -1.84. The molecule has 2 aromatic carbocycles. The van der Waals surface area contributed by atoms with Gasteiger partial charge in [-0.05, 0) is 30.0 Å². The number of hydrogen-bond acceptors (Lipinski definition) is 3. The van der Waals surface area contributed by atoms with Crippen molar-refractivity contribution in [3.8, 4) is 17.0 Å². The Kier molecular flexibility index (Phi) is 8.14. The lowest BCUT2D eigenvalue weighted by atomic mass is 10.0. The molecule has 0 saturated heterocycles. The fourth-order valence-corrected chi connectivity index (χ4v) is 3.91. The molecule has 26 heavy (non-hydrogen) atoms. The molecule has 0 bridgehead atoms. The first-order valence-electron chi connectivity index (χ1n) is 9.04. The van der Waals surface area contributed by atoms with Gasteiger partial charge in [0.15, 0.2) is 4.47 Å².